The fraction of sp³-hybridized carbons (Fsp3) is 0.474. The van der Waals surface area contributed by atoms with E-state index < -0.39 is 0 Å². The molecule has 7 heteroatoms. The number of thiazole rings is 1. The molecule has 2 saturated heterocycles. The molecule has 0 spiro atoms. The van der Waals surface area contributed by atoms with Gasteiger partial charge in [0.1, 0.15) is 6.04 Å². The van der Waals surface area contributed by atoms with Crippen LogP contribution in [-0.2, 0) is 4.79 Å². The maximum atomic E-state index is 13.2. The second kappa shape index (κ2) is 8.37. The molecule has 1 aromatic carbocycles. The summed E-state index contributed by atoms with van der Waals surface area (Å²) >= 11 is 1.61. The SMILES string of the molecule is Cl.NC[C@@H]1CN(C(=O)C2CCCN2c2nccs2)C[C@H]1c1ccccc1. The van der Waals surface area contributed by atoms with Crippen molar-refractivity contribution in [1.82, 2.24) is 9.88 Å². The second-order valence-corrected chi connectivity index (χ2v) is 7.80. The largest absolute Gasteiger partial charge is 0.340 e. The zero-order valence-electron chi connectivity index (χ0n) is 14.7. The molecule has 1 amide bonds. The minimum absolute atomic E-state index is 0. The summed E-state index contributed by atoms with van der Waals surface area (Å²) < 4.78 is 0. The van der Waals surface area contributed by atoms with Gasteiger partial charge in [-0.2, -0.15) is 0 Å². The standard InChI is InChI=1S/C19H24N4OS.ClH/c20-11-15-12-22(13-16(15)14-5-2-1-3-6-14)18(24)17-7-4-9-23(17)19-21-8-10-25-19;/h1-3,5-6,8,10,15-17H,4,7,9,11-13,20H2;1H/t15-,16+,17?;/m1./s1. The van der Waals surface area contributed by atoms with Crippen LogP contribution in [0.25, 0.3) is 0 Å². The van der Waals surface area contributed by atoms with Crippen molar-refractivity contribution in [2.24, 2.45) is 11.7 Å². The number of nitrogens with zero attached hydrogens (tertiary/aromatic N) is 3. The lowest BCUT2D eigenvalue weighted by Gasteiger charge is -2.27. The van der Waals surface area contributed by atoms with Crippen molar-refractivity contribution in [2.45, 2.75) is 24.8 Å². The number of hydrogen-bond donors (Lipinski definition) is 1. The number of likely N-dealkylation sites (tertiary alicyclic amines) is 1. The third kappa shape index (κ3) is 3.59. The van der Waals surface area contributed by atoms with E-state index in [0.29, 0.717) is 18.4 Å². The number of nitrogens with two attached hydrogens (primary N) is 1. The van der Waals surface area contributed by atoms with Crippen molar-refractivity contribution >= 4 is 34.8 Å². The van der Waals surface area contributed by atoms with E-state index in [1.165, 1.54) is 5.56 Å². The van der Waals surface area contributed by atoms with Crippen molar-refractivity contribution in [3.8, 4) is 0 Å². The lowest BCUT2D eigenvalue weighted by molar-refractivity contribution is -0.131. The highest BCUT2D eigenvalue weighted by atomic mass is 35.5. The summed E-state index contributed by atoms with van der Waals surface area (Å²) in [5.41, 5.74) is 7.31. The summed E-state index contributed by atoms with van der Waals surface area (Å²) in [6, 6.07) is 10.4. The van der Waals surface area contributed by atoms with Crippen LogP contribution in [0.2, 0.25) is 0 Å². The minimum Gasteiger partial charge on any atom is -0.340 e. The van der Waals surface area contributed by atoms with Crippen LogP contribution >= 0.6 is 23.7 Å². The molecule has 2 aliphatic rings. The molecule has 0 saturated carbocycles. The first-order chi connectivity index (χ1) is 12.3. The van der Waals surface area contributed by atoms with Crippen molar-refractivity contribution in [2.75, 3.05) is 31.1 Å². The Morgan fingerprint density at radius 3 is 2.77 bits per heavy atom. The fourth-order valence-corrected chi connectivity index (χ4v) is 4.91. The van der Waals surface area contributed by atoms with Gasteiger partial charge in [0, 0.05) is 37.1 Å². The van der Waals surface area contributed by atoms with E-state index >= 15 is 0 Å². The Hall–Kier alpha value is -1.63. The molecule has 0 aliphatic carbocycles. The molecule has 2 aliphatic heterocycles. The molecule has 1 aromatic heterocycles. The van der Waals surface area contributed by atoms with Crippen LogP contribution in [0.5, 0.6) is 0 Å². The van der Waals surface area contributed by atoms with E-state index in [0.717, 1.165) is 37.6 Å². The normalized spacial score (nSPS) is 25.3. The average Bonchev–Trinajstić information content (AvgIpc) is 3.41. The first kappa shape index (κ1) is 19.1. The van der Waals surface area contributed by atoms with E-state index in [4.69, 9.17) is 5.73 Å². The van der Waals surface area contributed by atoms with Gasteiger partial charge in [0.15, 0.2) is 5.13 Å². The highest BCUT2D eigenvalue weighted by Gasteiger charge is 2.41. The first-order valence-electron chi connectivity index (χ1n) is 8.98. The Kier molecular flexibility index (Phi) is 6.16. The Bertz CT molecular complexity index is 712. The Labute approximate surface area is 164 Å². The molecule has 2 fully saturated rings. The van der Waals surface area contributed by atoms with Crippen LogP contribution in [-0.4, -0.2) is 48.0 Å². The van der Waals surface area contributed by atoms with Crippen molar-refractivity contribution in [1.29, 1.82) is 0 Å². The van der Waals surface area contributed by atoms with Gasteiger partial charge in [-0.1, -0.05) is 30.3 Å². The van der Waals surface area contributed by atoms with Crippen LogP contribution < -0.4 is 10.6 Å². The van der Waals surface area contributed by atoms with Gasteiger partial charge in [-0.3, -0.25) is 4.79 Å². The molecular formula is C19H25ClN4OS. The molecule has 140 valence electrons. The number of halogens is 1. The summed E-state index contributed by atoms with van der Waals surface area (Å²) in [4.78, 5) is 21.8. The zero-order chi connectivity index (χ0) is 17.2. The van der Waals surface area contributed by atoms with Gasteiger partial charge in [0.25, 0.3) is 0 Å². The van der Waals surface area contributed by atoms with E-state index in [-0.39, 0.29) is 24.4 Å². The smallest absolute Gasteiger partial charge is 0.245 e. The number of anilines is 1. The Morgan fingerprint density at radius 1 is 1.27 bits per heavy atom. The number of carbonyl (C=O) groups is 1. The number of rotatable bonds is 4. The lowest BCUT2D eigenvalue weighted by Crippen LogP contribution is -2.45. The minimum atomic E-state index is -0.0703. The van der Waals surface area contributed by atoms with Gasteiger partial charge < -0.3 is 15.5 Å². The topological polar surface area (TPSA) is 62.5 Å². The van der Waals surface area contributed by atoms with Crippen molar-refractivity contribution in [3.05, 3.63) is 47.5 Å². The van der Waals surface area contributed by atoms with Gasteiger partial charge in [0.2, 0.25) is 5.91 Å². The molecular weight excluding hydrogens is 368 g/mol. The summed E-state index contributed by atoms with van der Waals surface area (Å²) in [5.74, 6) is 0.913. The van der Waals surface area contributed by atoms with Crippen molar-refractivity contribution in [3.63, 3.8) is 0 Å². The number of carbonyl (C=O) groups excluding carboxylic acids is 1. The number of hydrogen-bond acceptors (Lipinski definition) is 5. The van der Waals surface area contributed by atoms with Gasteiger partial charge >= 0.3 is 0 Å². The highest BCUT2D eigenvalue weighted by Crippen LogP contribution is 2.34. The van der Waals surface area contributed by atoms with Crippen LogP contribution in [0.4, 0.5) is 5.13 Å². The number of benzene rings is 1. The summed E-state index contributed by atoms with van der Waals surface area (Å²) in [5, 5.41) is 2.94. The quantitative estimate of drug-likeness (QED) is 0.868. The van der Waals surface area contributed by atoms with Crippen LogP contribution in [0.15, 0.2) is 41.9 Å². The molecule has 1 unspecified atom stereocenters. The molecule has 2 N–H and O–H groups in total. The zero-order valence-corrected chi connectivity index (χ0v) is 16.3. The van der Waals surface area contributed by atoms with Gasteiger partial charge in [-0.25, -0.2) is 4.98 Å². The number of aromatic nitrogens is 1. The fourth-order valence-electron chi connectivity index (χ4n) is 4.19. The van der Waals surface area contributed by atoms with Crippen molar-refractivity contribution < 1.29 is 4.79 Å². The van der Waals surface area contributed by atoms with Crippen LogP contribution in [0, 0.1) is 5.92 Å². The molecule has 26 heavy (non-hydrogen) atoms. The average molecular weight is 393 g/mol. The molecule has 5 nitrogen and oxygen atoms in total. The van der Waals surface area contributed by atoms with E-state index in [9.17, 15) is 4.79 Å². The Balaban J connectivity index is 0.00000196. The van der Waals surface area contributed by atoms with Gasteiger partial charge in [-0.05, 0) is 30.9 Å². The Morgan fingerprint density at radius 2 is 2.08 bits per heavy atom. The predicted molar refractivity (Wildman–Crippen MR) is 108 cm³/mol. The van der Waals surface area contributed by atoms with Crippen LogP contribution in [0.3, 0.4) is 0 Å². The highest BCUT2D eigenvalue weighted by molar-refractivity contribution is 7.13. The summed E-state index contributed by atoms with van der Waals surface area (Å²) in [7, 11) is 0. The number of amides is 1. The summed E-state index contributed by atoms with van der Waals surface area (Å²) in [6.07, 6.45) is 3.77. The van der Waals surface area contributed by atoms with E-state index in [1.54, 1.807) is 11.3 Å². The predicted octanol–water partition coefficient (Wildman–Crippen LogP) is 2.73. The second-order valence-electron chi connectivity index (χ2n) is 6.92. The monoisotopic (exact) mass is 392 g/mol. The molecule has 3 heterocycles. The molecule has 2 aromatic rings. The molecule has 4 rings (SSSR count). The third-order valence-electron chi connectivity index (χ3n) is 5.49. The maximum Gasteiger partial charge on any atom is 0.245 e. The van der Waals surface area contributed by atoms with Crippen LogP contribution in [0.1, 0.15) is 24.3 Å². The van der Waals surface area contributed by atoms with Gasteiger partial charge in [0.05, 0.1) is 0 Å². The molecule has 0 radical (unpaired) electrons. The third-order valence-corrected chi connectivity index (χ3v) is 6.29. The maximum absolute atomic E-state index is 13.2. The van der Waals surface area contributed by atoms with Gasteiger partial charge in [-0.15, -0.1) is 23.7 Å². The molecule has 0 bridgehead atoms. The van der Waals surface area contributed by atoms with E-state index in [1.807, 2.05) is 22.5 Å². The van der Waals surface area contributed by atoms with E-state index in [2.05, 4.69) is 34.1 Å². The first-order valence-corrected chi connectivity index (χ1v) is 9.86. The summed E-state index contributed by atoms with van der Waals surface area (Å²) in [6.45, 7) is 3.06. The lowest BCUT2D eigenvalue weighted by atomic mass is 9.89. The molecule has 3 atom stereocenters.